The van der Waals surface area contributed by atoms with Crippen molar-refractivity contribution in [2.75, 3.05) is 0 Å². The average molecular weight is 218 g/mol. The summed E-state index contributed by atoms with van der Waals surface area (Å²) in [6.45, 7) is 0. The summed E-state index contributed by atoms with van der Waals surface area (Å²) in [5.74, 6) is 0. The number of rotatable bonds is 0. The van der Waals surface area contributed by atoms with E-state index in [0.29, 0.717) is 0 Å². The molecular weight excluding hydrogens is 216 g/mol. The topological polar surface area (TPSA) is 93.1 Å². The molecule has 0 aromatic rings. The van der Waals surface area contributed by atoms with Gasteiger partial charge in [0.2, 0.25) is 0 Å². The molecular formula is C2H2O6Ti2. The molecule has 8 heteroatoms. The third-order valence-electron chi connectivity index (χ3n) is 0.184. The van der Waals surface area contributed by atoms with Gasteiger partial charge in [-0.3, -0.25) is 0 Å². The summed E-state index contributed by atoms with van der Waals surface area (Å²) in [7, 11) is 0. The first-order chi connectivity index (χ1) is 3.63. The van der Waals surface area contributed by atoms with Crippen molar-refractivity contribution in [3.05, 3.63) is 0 Å². The molecule has 0 bridgehead atoms. The molecule has 0 radical (unpaired) electrons. The second kappa shape index (κ2) is 8.97. The molecule has 0 unspecified atom stereocenters. The van der Waals surface area contributed by atoms with Crippen molar-refractivity contribution >= 4 is 12.3 Å². The Balaban J connectivity index is -0.000000245. The van der Waals surface area contributed by atoms with Gasteiger partial charge in [0.1, 0.15) is 0 Å². The number of hydrogen-bond donors (Lipinski definition) is 2. The van der Waals surface area contributed by atoms with Crippen LogP contribution in [0.3, 0.4) is 0 Å². The van der Waals surface area contributed by atoms with Crippen molar-refractivity contribution in [2.24, 2.45) is 0 Å². The van der Waals surface area contributed by atoms with Crippen molar-refractivity contribution in [2.45, 2.75) is 0 Å². The molecule has 54 valence electrons. The van der Waals surface area contributed by atoms with Crippen LogP contribution in [-0.2, 0) is 53.2 Å². The van der Waals surface area contributed by atoms with Crippen molar-refractivity contribution in [1.82, 2.24) is 0 Å². The van der Waals surface area contributed by atoms with Crippen LogP contribution < -0.4 is 0 Å². The third kappa shape index (κ3) is 15.7. The zero-order valence-electron chi connectivity index (χ0n) is 4.53. The summed E-state index contributed by atoms with van der Waals surface area (Å²) in [6, 6.07) is 0. The van der Waals surface area contributed by atoms with Gasteiger partial charge >= 0.3 is 12.3 Å². The minimum Gasteiger partial charge on any atom is -0.447 e. The van der Waals surface area contributed by atoms with Crippen LogP contribution in [-0.4, -0.2) is 22.5 Å². The van der Waals surface area contributed by atoms with E-state index in [1.807, 2.05) is 0 Å². The predicted molar refractivity (Wildman–Crippen MR) is 18.2 cm³/mol. The fourth-order valence-corrected chi connectivity index (χ4v) is 0.0713. The Labute approximate surface area is 85.2 Å². The maximum atomic E-state index is 9.29. The fraction of sp³-hybridized carbons (Fsp3) is 0. The van der Waals surface area contributed by atoms with Crippen LogP contribution in [0.5, 0.6) is 0 Å². The van der Waals surface area contributed by atoms with Gasteiger partial charge in [0, 0.05) is 43.4 Å². The smallest absolute Gasteiger partial charge is 0.447 e. The molecule has 0 fully saturated rings. The van der Waals surface area contributed by atoms with Gasteiger partial charge in [-0.2, -0.15) is 0 Å². The van der Waals surface area contributed by atoms with E-state index in [1.165, 1.54) is 0 Å². The van der Waals surface area contributed by atoms with E-state index in [4.69, 9.17) is 10.2 Å². The standard InChI is InChI=1S/C2H2O6.2Ti/c3-1(4)7-8-2(5)6;;/h(H,3,4)(H,5,6);;. The Kier molecular flexibility index (Phi) is 14.8. The minimum absolute atomic E-state index is 0. The van der Waals surface area contributed by atoms with Crippen LogP contribution in [0.2, 0.25) is 0 Å². The SMILES string of the molecule is O=C(O)OOC(=O)O.[Ti].[Ti]. The summed E-state index contributed by atoms with van der Waals surface area (Å²) >= 11 is 0. The molecule has 10 heavy (non-hydrogen) atoms. The first-order valence-electron chi connectivity index (χ1n) is 1.43. The molecule has 6 nitrogen and oxygen atoms in total. The molecule has 0 rings (SSSR count). The first-order valence-corrected chi connectivity index (χ1v) is 1.43. The largest absolute Gasteiger partial charge is 0.547 e. The Morgan fingerprint density at radius 1 is 0.900 bits per heavy atom. The molecule has 0 aliphatic rings. The van der Waals surface area contributed by atoms with Gasteiger partial charge < -0.3 is 10.2 Å². The van der Waals surface area contributed by atoms with Gasteiger partial charge in [-0.1, -0.05) is 0 Å². The van der Waals surface area contributed by atoms with E-state index >= 15 is 0 Å². The molecule has 0 aliphatic carbocycles. The first kappa shape index (κ1) is 16.5. The van der Waals surface area contributed by atoms with Crippen LogP contribution in [0.25, 0.3) is 0 Å². The van der Waals surface area contributed by atoms with E-state index < -0.39 is 12.3 Å². The molecule has 0 amide bonds. The molecule has 0 aliphatic heterocycles. The molecule has 0 atom stereocenters. The van der Waals surface area contributed by atoms with Crippen molar-refractivity contribution in [3.8, 4) is 0 Å². The van der Waals surface area contributed by atoms with E-state index in [1.54, 1.807) is 0 Å². The molecule has 0 aromatic carbocycles. The zero-order chi connectivity index (χ0) is 6.57. The van der Waals surface area contributed by atoms with Gasteiger partial charge in [-0.15, -0.1) is 0 Å². The molecule has 0 heterocycles. The van der Waals surface area contributed by atoms with E-state index in [9.17, 15) is 9.59 Å². The van der Waals surface area contributed by atoms with Crippen molar-refractivity contribution < 1.29 is 73.0 Å². The maximum Gasteiger partial charge on any atom is 0.547 e. The van der Waals surface area contributed by atoms with E-state index in [2.05, 4.69) is 9.78 Å². The van der Waals surface area contributed by atoms with Gasteiger partial charge in [0.25, 0.3) is 0 Å². The second-order valence-corrected chi connectivity index (χ2v) is 0.698. The average Bonchev–Trinajstić information content (AvgIpc) is 1.61. The Morgan fingerprint density at radius 2 is 1.10 bits per heavy atom. The Bertz CT molecular complexity index is 98.3. The quantitative estimate of drug-likeness (QED) is 0.344. The van der Waals surface area contributed by atoms with Gasteiger partial charge in [0.05, 0.1) is 0 Å². The van der Waals surface area contributed by atoms with Crippen LogP contribution in [0.4, 0.5) is 9.59 Å². The minimum atomic E-state index is -1.80. The number of hydrogen-bond acceptors (Lipinski definition) is 4. The number of carbonyl (C=O) groups is 2. The summed E-state index contributed by atoms with van der Waals surface area (Å²) in [5.41, 5.74) is 0. The Morgan fingerprint density at radius 3 is 1.20 bits per heavy atom. The molecule has 0 aromatic heterocycles. The van der Waals surface area contributed by atoms with Crippen molar-refractivity contribution in [3.63, 3.8) is 0 Å². The summed E-state index contributed by atoms with van der Waals surface area (Å²) in [6.07, 6.45) is -3.60. The third-order valence-corrected chi connectivity index (χ3v) is 0.184. The van der Waals surface area contributed by atoms with Gasteiger partial charge in [-0.05, 0) is 0 Å². The van der Waals surface area contributed by atoms with E-state index in [0.717, 1.165) is 0 Å². The van der Waals surface area contributed by atoms with Gasteiger partial charge in [0.15, 0.2) is 0 Å². The van der Waals surface area contributed by atoms with Crippen LogP contribution in [0.15, 0.2) is 0 Å². The monoisotopic (exact) mass is 218 g/mol. The molecule has 0 saturated heterocycles. The summed E-state index contributed by atoms with van der Waals surface area (Å²) < 4.78 is 0. The zero-order valence-corrected chi connectivity index (χ0v) is 7.65. The fourth-order valence-electron chi connectivity index (χ4n) is 0.0713. The van der Waals surface area contributed by atoms with Crippen LogP contribution >= 0.6 is 0 Å². The predicted octanol–water partition coefficient (Wildman–Crippen LogP) is 0.286. The molecule has 0 saturated carbocycles. The van der Waals surface area contributed by atoms with E-state index in [-0.39, 0.29) is 43.4 Å². The van der Waals surface area contributed by atoms with Crippen molar-refractivity contribution in [1.29, 1.82) is 0 Å². The second-order valence-electron chi connectivity index (χ2n) is 0.698. The Hall–Kier alpha value is -0.0314. The number of carboxylic acid groups (broad SMARTS) is 2. The summed E-state index contributed by atoms with van der Waals surface area (Å²) in [5, 5.41) is 15.1. The van der Waals surface area contributed by atoms with Crippen LogP contribution in [0, 0.1) is 0 Å². The molecule has 0 spiro atoms. The maximum absolute atomic E-state index is 9.29. The summed E-state index contributed by atoms with van der Waals surface area (Å²) in [4.78, 5) is 24.8. The normalized spacial score (nSPS) is 6.00. The van der Waals surface area contributed by atoms with Gasteiger partial charge in [-0.25, -0.2) is 19.4 Å². The van der Waals surface area contributed by atoms with Crippen LogP contribution in [0.1, 0.15) is 0 Å². The molecule has 2 N–H and O–H groups in total.